The van der Waals surface area contributed by atoms with Gasteiger partial charge in [0, 0.05) is 6.42 Å². The third kappa shape index (κ3) is 6.77. The van der Waals surface area contributed by atoms with Crippen molar-refractivity contribution >= 4 is 17.7 Å². The molecule has 7 nitrogen and oxygen atoms in total. The van der Waals surface area contributed by atoms with Crippen LogP contribution in [0.15, 0.2) is 0 Å². The molecule has 0 bridgehead atoms. The largest absolute Gasteiger partial charge is 0.368 e. The van der Waals surface area contributed by atoms with E-state index in [4.69, 9.17) is 11.5 Å². The Morgan fingerprint density at radius 3 is 2.00 bits per heavy atom. The Bertz CT molecular complexity index is 251. The number of primary amides is 2. The number of nitrogens with one attached hydrogen (secondary N) is 1. The molecule has 0 aliphatic carbocycles. The molecule has 0 aliphatic rings. The fourth-order valence-corrected chi connectivity index (χ4v) is 1.18. The number of amides is 3. The Morgan fingerprint density at radius 1 is 1.12 bits per heavy atom. The average Bonchev–Trinajstić information content (AvgIpc) is 2.15. The van der Waals surface area contributed by atoms with Crippen LogP contribution in [0.5, 0.6) is 0 Å². The van der Waals surface area contributed by atoms with E-state index in [9.17, 15) is 14.4 Å². The van der Waals surface area contributed by atoms with Gasteiger partial charge in [0.2, 0.25) is 17.7 Å². The molecule has 0 aliphatic heterocycles. The van der Waals surface area contributed by atoms with Gasteiger partial charge in [0.25, 0.3) is 0 Å². The van der Waals surface area contributed by atoms with E-state index in [0.29, 0.717) is 13.0 Å². The molecule has 92 valence electrons. The van der Waals surface area contributed by atoms with Crippen LogP contribution in [0.4, 0.5) is 0 Å². The molecule has 7 heteroatoms. The van der Waals surface area contributed by atoms with Crippen LogP contribution in [0.2, 0.25) is 0 Å². The van der Waals surface area contributed by atoms with Crippen LogP contribution in [-0.2, 0) is 14.4 Å². The average molecular weight is 230 g/mol. The number of carbonyl (C=O) groups excluding carboxylic acids is 3. The molecule has 0 heterocycles. The molecular weight excluding hydrogens is 212 g/mol. The van der Waals surface area contributed by atoms with E-state index in [1.807, 2.05) is 0 Å². The second kappa shape index (κ2) is 7.63. The van der Waals surface area contributed by atoms with E-state index in [1.54, 1.807) is 7.05 Å². The molecule has 16 heavy (non-hydrogen) atoms. The maximum absolute atomic E-state index is 11.6. The van der Waals surface area contributed by atoms with Crippen LogP contribution in [0, 0.1) is 0 Å². The maximum Gasteiger partial charge on any atom is 0.237 e. The number of nitrogens with zero attached hydrogens (tertiary/aromatic N) is 1. The summed E-state index contributed by atoms with van der Waals surface area (Å²) in [6, 6.07) is 0. The van der Waals surface area contributed by atoms with Gasteiger partial charge in [-0.3, -0.25) is 14.4 Å². The van der Waals surface area contributed by atoms with Gasteiger partial charge >= 0.3 is 0 Å². The summed E-state index contributed by atoms with van der Waals surface area (Å²) in [5.41, 5.74) is 9.93. The smallest absolute Gasteiger partial charge is 0.237 e. The minimum atomic E-state index is -0.664. The predicted octanol–water partition coefficient (Wildman–Crippen LogP) is -2.21. The zero-order valence-electron chi connectivity index (χ0n) is 9.36. The zero-order chi connectivity index (χ0) is 12.6. The summed E-state index contributed by atoms with van der Waals surface area (Å²) < 4.78 is 0. The van der Waals surface area contributed by atoms with Gasteiger partial charge in [-0.1, -0.05) is 0 Å². The first-order valence-electron chi connectivity index (χ1n) is 4.96. The number of nitrogens with two attached hydrogens (primary N) is 2. The van der Waals surface area contributed by atoms with Crippen LogP contribution < -0.4 is 16.8 Å². The van der Waals surface area contributed by atoms with Crippen molar-refractivity contribution in [2.24, 2.45) is 11.5 Å². The lowest BCUT2D eigenvalue weighted by Gasteiger charge is -2.19. The Labute approximate surface area is 94.1 Å². The number of carbonyl (C=O) groups is 3. The van der Waals surface area contributed by atoms with Gasteiger partial charge in [0.1, 0.15) is 0 Å². The molecule has 3 amide bonds. The van der Waals surface area contributed by atoms with E-state index >= 15 is 0 Å². The minimum Gasteiger partial charge on any atom is -0.368 e. The Balaban J connectivity index is 4.20. The topological polar surface area (TPSA) is 119 Å². The highest BCUT2D eigenvalue weighted by Gasteiger charge is 2.17. The lowest BCUT2D eigenvalue weighted by atomic mass is 10.2. The summed E-state index contributed by atoms with van der Waals surface area (Å²) in [7, 11) is 1.77. The molecule has 0 saturated carbocycles. The minimum absolute atomic E-state index is 0.251. The molecular formula is C9H18N4O3. The summed E-state index contributed by atoms with van der Waals surface area (Å²) in [6.07, 6.45) is 0.880. The molecule has 5 N–H and O–H groups in total. The fraction of sp³-hybridized carbons (Fsp3) is 0.667. The first-order chi connectivity index (χ1) is 7.47. The second-order valence-corrected chi connectivity index (χ2v) is 3.39. The Morgan fingerprint density at radius 2 is 1.62 bits per heavy atom. The highest BCUT2D eigenvalue weighted by atomic mass is 16.2. The van der Waals surface area contributed by atoms with Gasteiger partial charge in [-0.25, -0.2) is 0 Å². The number of rotatable bonds is 8. The van der Waals surface area contributed by atoms with Gasteiger partial charge in [-0.15, -0.1) is 0 Å². The van der Waals surface area contributed by atoms with E-state index in [0.717, 1.165) is 4.90 Å². The van der Waals surface area contributed by atoms with Crippen LogP contribution >= 0.6 is 0 Å². The summed E-state index contributed by atoms with van der Waals surface area (Å²) >= 11 is 0. The van der Waals surface area contributed by atoms with Crippen molar-refractivity contribution in [2.75, 3.05) is 26.7 Å². The van der Waals surface area contributed by atoms with E-state index < -0.39 is 11.8 Å². The van der Waals surface area contributed by atoms with Crippen molar-refractivity contribution < 1.29 is 14.4 Å². The van der Waals surface area contributed by atoms with Gasteiger partial charge in [0.15, 0.2) is 0 Å². The first kappa shape index (κ1) is 14.4. The molecule has 0 aromatic rings. The van der Waals surface area contributed by atoms with Gasteiger partial charge in [-0.05, 0) is 20.0 Å². The Kier molecular flexibility index (Phi) is 6.86. The molecule has 0 aromatic carbocycles. The van der Waals surface area contributed by atoms with Gasteiger partial charge in [0.05, 0.1) is 13.1 Å². The van der Waals surface area contributed by atoms with Crippen LogP contribution in [-0.4, -0.2) is 49.3 Å². The highest BCUT2D eigenvalue weighted by Crippen LogP contribution is 1.97. The monoisotopic (exact) mass is 230 g/mol. The van der Waals surface area contributed by atoms with Gasteiger partial charge in [-0.2, -0.15) is 0 Å². The molecule has 0 rings (SSSR count). The summed E-state index contributed by atoms with van der Waals surface area (Å²) in [6.45, 7) is 0.134. The molecule has 0 aromatic heterocycles. The summed E-state index contributed by atoms with van der Waals surface area (Å²) in [5, 5.41) is 2.89. The van der Waals surface area contributed by atoms with E-state index in [-0.39, 0.29) is 25.4 Å². The molecule has 0 atom stereocenters. The lowest BCUT2D eigenvalue weighted by Crippen LogP contribution is -2.43. The molecule has 0 fully saturated rings. The fourth-order valence-electron chi connectivity index (χ4n) is 1.18. The van der Waals surface area contributed by atoms with Crippen molar-refractivity contribution in [3.05, 3.63) is 0 Å². The van der Waals surface area contributed by atoms with Crippen molar-refractivity contribution in [1.82, 2.24) is 10.2 Å². The standard InChI is InChI=1S/C9H18N4O3/c1-12-4-2-3-9(16)13(5-7(10)14)6-8(11)15/h12H,2-6H2,1H3,(H2,10,14)(H2,11,15). The van der Waals surface area contributed by atoms with Crippen molar-refractivity contribution in [3.8, 4) is 0 Å². The highest BCUT2D eigenvalue weighted by molar-refractivity contribution is 5.87. The van der Waals surface area contributed by atoms with Crippen molar-refractivity contribution in [2.45, 2.75) is 12.8 Å². The molecule has 0 radical (unpaired) electrons. The molecule has 0 unspecified atom stereocenters. The number of hydrogen-bond donors (Lipinski definition) is 3. The molecule has 0 spiro atoms. The first-order valence-corrected chi connectivity index (χ1v) is 4.96. The zero-order valence-corrected chi connectivity index (χ0v) is 9.36. The maximum atomic E-state index is 11.6. The molecule has 0 saturated heterocycles. The lowest BCUT2D eigenvalue weighted by molar-refractivity contribution is -0.138. The quantitative estimate of drug-likeness (QED) is 0.409. The summed E-state index contributed by atoms with van der Waals surface area (Å²) in [5.74, 6) is -1.63. The van der Waals surface area contributed by atoms with Gasteiger partial charge < -0.3 is 21.7 Å². The SMILES string of the molecule is CNCCCC(=O)N(CC(N)=O)CC(N)=O. The number of hydrogen-bond acceptors (Lipinski definition) is 4. The van der Waals surface area contributed by atoms with Crippen molar-refractivity contribution in [3.63, 3.8) is 0 Å². The van der Waals surface area contributed by atoms with Crippen LogP contribution in [0.3, 0.4) is 0 Å². The Hall–Kier alpha value is -1.63. The third-order valence-electron chi connectivity index (χ3n) is 1.86. The van der Waals surface area contributed by atoms with E-state index in [1.165, 1.54) is 0 Å². The van der Waals surface area contributed by atoms with Crippen LogP contribution in [0.25, 0.3) is 0 Å². The van der Waals surface area contributed by atoms with Crippen molar-refractivity contribution in [1.29, 1.82) is 0 Å². The summed E-state index contributed by atoms with van der Waals surface area (Å²) in [4.78, 5) is 34.0. The predicted molar refractivity (Wildman–Crippen MR) is 58.1 cm³/mol. The third-order valence-corrected chi connectivity index (χ3v) is 1.86. The normalized spacial score (nSPS) is 9.81. The van der Waals surface area contributed by atoms with E-state index in [2.05, 4.69) is 5.32 Å². The second-order valence-electron chi connectivity index (χ2n) is 3.39. The van der Waals surface area contributed by atoms with Crippen LogP contribution in [0.1, 0.15) is 12.8 Å².